The zero-order chi connectivity index (χ0) is 17.4. The van der Waals surface area contributed by atoms with Gasteiger partial charge in [0.25, 0.3) is 0 Å². The van der Waals surface area contributed by atoms with Crippen LogP contribution in [-0.2, 0) is 0 Å². The Kier molecular flexibility index (Phi) is 4.06. The summed E-state index contributed by atoms with van der Waals surface area (Å²) in [4.78, 5) is 33.0. The molecule has 0 amide bonds. The van der Waals surface area contributed by atoms with Crippen molar-refractivity contribution in [3.8, 4) is 11.1 Å². The van der Waals surface area contributed by atoms with Gasteiger partial charge in [-0.3, -0.25) is 0 Å². The maximum atomic E-state index is 11.0. The van der Waals surface area contributed by atoms with Gasteiger partial charge in [-0.1, -0.05) is 0 Å². The Balaban J connectivity index is 2.32. The predicted molar refractivity (Wildman–Crippen MR) is 101 cm³/mol. The topological polar surface area (TPSA) is 60.7 Å². The van der Waals surface area contributed by atoms with Crippen LogP contribution in [0.5, 0.6) is 0 Å². The van der Waals surface area contributed by atoms with Gasteiger partial charge in [-0.15, -0.1) is 0 Å². The van der Waals surface area contributed by atoms with Crippen LogP contribution in [0.1, 0.15) is 11.1 Å². The first-order valence-electron chi connectivity index (χ1n) is 7.78. The van der Waals surface area contributed by atoms with Crippen LogP contribution in [-0.4, -0.2) is 14.7 Å². The molecule has 3 N–H and O–H groups in total. The molecule has 0 heterocycles. The summed E-state index contributed by atoms with van der Waals surface area (Å²) < 4.78 is 0. The minimum absolute atomic E-state index is 0.127. The minimum atomic E-state index is -5.22. The van der Waals surface area contributed by atoms with Crippen molar-refractivity contribution in [2.75, 3.05) is 0 Å². The Hall–Kier alpha value is -2.03. The van der Waals surface area contributed by atoms with Gasteiger partial charge in [-0.25, -0.2) is 0 Å². The van der Waals surface area contributed by atoms with Crippen LogP contribution >= 0.6 is 7.28 Å². The number of hydrogen-bond acceptors (Lipinski definition) is 3. The fraction of sp³-hybridized carbons (Fsp3) is 0.100. The monoisotopic (exact) mass is 340 g/mol. The van der Waals surface area contributed by atoms with Gasteiger partial charge in [0.05, 0.1) is 0 Å². The third-order valence-electron chi connectivity index (χ3n) is 4.33. The molecule has 0 unspecified atom stereocenters. The van der Waals surface area contributed by atoms with E-state index in [1.807, 2.05) is 44.2 Å². The predicted octanol–water partition coefficient (Wildman–Crippen LogP) is 3.20. The third kappa shape index (κ3) is 2.77. The summed E-state index contributed by atoms with van der Waals surface area (Å²) in [6.45, 7) is 3.95. The van der Waals surface area contributed by atoms with Crippen molar-refractivity contribution in [2.24, 2.45) is 0 Å². The maximum absolute atomic E-state index is 11.0. The van der Waals surface area contributed by atoms with E-state index in [0.717, 1.165) is 16.7 Å². The first-order chi connectivity index (χ1) is 11.3. The molecule has 0 bridgehead atoms. The van der Waals surface area contributed by atoms with Gasteiger partial charge in [0.2, 0.25) is 0 Å². The van der Waals surface area contributed by atoms with E-state index in [2.05, 4.69) is 0 Å². The molecule has 0 aromatic heterocycles. The fourth-order valence-corrected chi connectivity index (χ4v) is 5.12. The van der Waals surface area contributed by atoms with Crippen molar-refractivity contribution in [3.63, 3.8) is 0 Å². The van der Waals surface area contributed by atoms with Crippen molar-refractivity contribution < 1.29 is 14.7 Å². The van der Waals surface area contributed by atoms with E-state index >= 15 is 0 Å². The summed E-state index contributed by atoms with van der Waals surface area (Å²) in [5, 5.41) is 0.286. The second-order valence-corrected chi connectivity index (χ2v) is 9.06. The van der Waals surface area contributed by atoms with E-state index < -0.39 is 7.28 Å². The van der Waals surface area contributed by atoms with Crippen LogP contribution < -0.4 is 10.6 Å². The first kappa shape index (κ1) is 16.8. The number of hydrogen-bond donors (Lipinski definition) is 3. The van der Waals surface area contributed by atoms with Crippen LogP contribution in [0.3, 0.4) is 0 Å². The number of benzene rings is 3. The summed E-state index contributed by atoms with van der Waals surface area (Å²) >= 11 is 0. The van der Waals surface area contributed by atoms with Gasteiger partial charge >= 0.3 is 141 Å². The van der Waals surface area contributed by atoms with E-state index in [9.17, 15) is 14.7 Å². The van der Waals surface area contributed by atoms with Gasteiger partial charge in [-0.2, -0.15) is 0 Å². The van der Waals surface area contributed by atoms with Gasteiger partial charge < -0.3 is 0 Å². The second-order valence-electron chi connectivity index (χ2n) is 6.10. The molecule has 0 aliphatic heterocycles. The molecule has 0 aliphatic rings. The molecule has 24 heavy (non-hydrogen) atoms. The normalized spacial score (nSPS) is 13.3. The molecule has 4 heteroatoms. The van der Waals surface area contributed by atoms with Crippen LogP contribution in [0.4, 0.5) is 0 Å². The first-order valence-corrected chi connectivity index (χ1v) is 9.87. The molecule has 3 rings (SSSR count). The number of aryl methyl sites for hydroxylation is 2. The Morgan fingerprint density at radius 2 is 1.17 bits per heavy atom. The van der Waals surface area contributed by atoms with Crippen molar-refractivity contribution in [2.45, 2.75) is 13.8 Å². The molecule has 0 saturated heterocycles. The molecule has 3 aromatic rings. The molecule has 0 saturated carbocycles. The van der Waals surface area contributed by atoms with Crippen molar-refractivity contribution in [1.29, 1.82) is 0 Å². The van der Waals surface area contributed by atoms with E-state index in [1.54, 1.807) is 42.5 Å². The summed E-state index contributed by atoms with van der Waals surface area (Å²) in [5.41, 5.74) is 3.59. The molecule has 0 atom stereocenters. The van der Waals surface area contributed by atoms with Crippen LogP contribution in [0.25, 0.3) is 11.1 Å². The molecule has 0 spiro atoms. The zero-order valence-corrected chi connectivity index (χ0v) is 14.6. The zero-order valence-electron chi connectivity index (χ0n) is 13.7. The van der Waals surface area contributed by atoms with E-state index in [1.165, 1.54) is 0 Å². The van der Waals surface area contributed by atoms with Gasteiger partial charge in [0.1, 0.15) is 0 Å². The Morgan fingerprint density at radius 3 is 1.79 bits per heavy atom. The number of rotatable bonds is 3. The van der Waals surface area contributed by atoms with Crippen LogP contribution in [0.15, 0.2) is 72.8 Å². The third-order valence-corrected chi connectivity index (χ3v) is 6.86. The van der Waals surface area contributed by atoms with E-state index in [4.69, 9.17) is 0 Å². The van der Waals surface area contributed by atoms with Gasteiger partial charge in [-0.05, 0) is 0 Å². The molecule has 3 aromatic carbocycles. The summed E-state index contributed by atoms with van der Waals surface area (Å²) in [7, 11) is -5.22. The Bertz CT molecular complexity index is 860. The molecule has 124 valence electrons. The Labute approximate surface area is 142 Å². The molecular weight excluding hydrogens is 319 g/mol. The second kappa shape index (κ2) is 5.80. The summed E-state index contributed by atoms with van der Waals surface area (Å²) in [6, 6.07) is 21.1. The van der Waals surface area contributed by atoms with E-state index in [0.29, 0.717) is 5.56 Å². The molecule has 0 radical (unpaired) electrons. The Morgan fingerprint density at radius 1 is 0.625 bits per heavy atom. The quantitative estimate of drug-likeness (QED) is 0.642. The molecule has 3 nitrogen and oxygen atoms in total. The molecular formula is C20H21O3P. The SMILES string of the molecule is Cc1cccc(C)c1-c1ccccc1P(O)(O)(O)c1ccccc1. The van der Waals surface area contributed by atoms with Crippen molar-refractivity contribution in [1.82, 2.24) is 0 Å². The van der Waals surface area contributed by atoms with E-state index in [-0.39, 0.29) is 10.6 Å². The van der Waals surface area contributed by atoms with Crippen LogP contribution in [0, 0.1) is 13.8 Å². The average Bonchev–Trinajstić information content (AvgIpc) is 2.56. The summed E-state index contributed by atoms with van der Waals surface area (Å²) in [6.07, 6.45) is 0. The van der Waals surface area contributed by atoms with Gasteiger partial charge in [0.15, 0.2) is 0 Å². The van der Waals surface area contributed by atoms with Crippen molar-refractivity contribution in [3.05, 3.63) is 83.9 Å². The fourth-order valence-electron chi connectivity index (χ4n) is 3.13. The standard InChI is InChI=1S/C20H21O3P/c1-15-9-8-10-16(2)20(15)18-13-6-7-14-19(18)24(21,22,23)17-11-4-3-5-12-17/h3-14,21-23H,1-2H3. The summed E-state index contributed by atoms with van der Waals surface area (Å²) in [5.74, 6) is 0. The average molecular weight is 340 g/mol. The van der Waals surface area contributed by atoms with Crippen molar-refractivity contribution >= 4 is 17.9 Å². The molecule has 0 fully saturated rings. The van der Waals surface area contributed by atoms with Crippen LogP contribution in [0.2, 0.25) is 0 Å². The molecule has 0 aliphatic carbocycles. The van der Waals surface area contributed by atoms with Gasteiger partial charge in [0, 0.05) is 0 Å².